The van der Waals surface area contributed by atoms with Crippen molar-refractivity contribution in [2.75, 3.05) is 12.4 Å². The van der Waals surface area contributed by atoms with Crippen LogP contribution in [0.1, 0.15) is 0 Å². The zero-order chi connectivity index (χ0) is 10.4. The molecule has 76 valence electrons. The summed E-state index contributed by atoms with van der Waals surface area (Å²) >= 11 is 5.34. The molecule has 1 rings (SSSR count). The lowest BCUT2D eigenvalue weighted by molar-refractivity contribution is 0.201. The van der Waals surface area contributed by atoms with Crippen LogP contribution in [0.15, 0.2) is 24.3 Å². The normalized spacial score (nSPS) is 9.57. The second-order valence-corrected chi connectivity index (χ2v) is 2.84. The van der Waals surface area contributed by atoms with Crippen LogP contribution in [-0.4, -0.2) is 18.5 Å². The third-order valence-electron chi connectivity index (χ3n) is 1.37. The minimum absolute atomic E-state index is 0.164. The van der Waals surface area contributed by atoms with Gasteiger partial charge < -0.3 is 10.1 Å². The molecule has 1 amide bonds. The number of hydrogen-bond acceptors (Lipinski definition) is 2. The van der Waals surface area contributed by atoms with E-state index in [1.807, 2.05) is 0 Å². The fourth-order valence-electron chi connectivity index (χ4n) is 0.823. The molecule has 0 spiro atoms. The van der Waals surface area contributed by atoms with E-state index in [9.17, 15) is 9.18 Å². The number of benzene rings is 1. The average molecular weight is 218 g/mol. The molecule has 0 aromatic heterocycles. The number of halogens is 2. The highest BCUT2D eigenvalue weighted by Crippen LogP contribution is 2.11. The molecule has 0 aliphatic heterocycles. The van der Waals surface area contributed by atoms with Gasteiger partial charge in [-0.3, -0.25) is 0 Å². The zero-order valence-electron chi connectivity index (χ0n) is 7.30. The summed E-state index contributed by atoms with van der Waals surface area (Å²) in [5.74, 6) is 0.0165. The van der Waals surface area contributed by atoms with Crippen molar-refractivity contribution in [3.8, 4) is 5.75 Å². The third-order valence-corrected chi connectivity index (χ3v) is 1.56. The van der Waals surface area contributed by atoms with Gasteiger partial charge in [-0.2, -0.15) is 0 Å². The summed E-state index contributed by atoms with van der Waals surface area (Å²) in [5, 5.41) is 2.38. The minimum Gasteiger partial charge on any atom is -0.410 e. The smallest absolute Gasteiger partial charge is 0.410 e. The Morgan fingerprint density at radius 3 is 3.00 bits per heavy atom. The van der Waals surface area contributed by atoms with Gasteiger partial charge in [0.2, 0.25) is 0 Å². The van der Waals surface area contributed by atoms with E-state index in [1.54, 1.807) is 0 Å². The van der Waals surface area contributed by atoms with Crippen molar-refractivity contribution in [3.63, 3.8) is 0 Å². The standard InChI is InChI=1S/C9H9ClFNO2/c10-4-5-12-9(13)14-8-3-1-2-7(11)6-8/h1-3,6H,4-5H2,(H,12,13). The first-order valence-electron chi connectivity index (χ1n) is 3.99. The maximum absolute atomic E-state index is 12.6. The Bertz CT molecular complexity index is 319. The second kappa shape index (κ2) is 5.44. The molecule has 0 aliphatic rings. The SMILES string of the molecule is O=C(NCCCl)Oc1cccc(F)c1. The summed E-state index contributed by atoms with van der Waals surface area (Å²) in [7, 11) is 0. The maximum Gasteiger partial charge on any atom is 0.412 e. The molecular weight excluding hydrogens is 209 g/mol. The predicted octanol–water partition coefficient (Wildman–Crippen LogP) is 2.15. The molecule has 5 heteroatoms. The summed E-state index contributed by atoms with van der Waals surface area (Å²) < 4.78 is 17.4. The van der Waals surface area contributed by atoms with Gasteiger partial charge >= 0.3 is 6.09 Å². The van der Waals surface area contributed by atoms with Crippen molar-refractivity contribution < 1.29 is 13.9 Å². The molecule has 0 heterocycles. The van der Waals surface area contributed by atoms with E-state index in [0.717, 1.165) is 6.07 Å². The Morgan fingerprint density at radius 1 is 1.57 bits per heavy atom. The number of amides is 1. The summed E-state index contributed by atoms with van der Waals surface area (Å²) in [6.07, 6.45) is -0.642. The van der Waals surface area contributed by atoms with Crippen LogP contribution in [-0.2, 0) is 0 Å². The van der Waals surface area contributed by atoms with Gasteiger partial charge in [0, 0.05) is 18.5 Å². The van der Waals surface area contributed by atoms with Crippen LogP contribution in [0.25, 0.3) is 0 Å². The van der Waals surface area contributed by atoms with Crippen molar-refractivity contribution in [1.29, 1.82) is 0 Å². The number of carbonyl (C=O) groups excluding carboxylic acids is 1. The highest BCUT2D eigenvalue weighted by molar-refractivity contribution is 6.18. The highest BCUT2D eigenvalue weighted by Gasteiger charge is 2.03. The number of nitrogens with one attached hydrogen (secondary N) is 1. The van der Waals surface area contributed by atoms with Gasteiger partial charge in [-0.05, 0) is 12.1 Å². The van der Waals surface area contributed by atoms with Crippen LogP contribution < -0.4 is 10.1 Å². The predicted molar refractivity (Wildman–Crippen MR) is 51.1 cm³/mol. The molecule has 0 unspecified atom stereocenters. The Morgan fingerprint density at radius 2 is 2.36 bits per heavy atom. The van der Waals surface area contributed by atoms with Crippen LogP contribution in [0.2, 0.25) is 0 Å². The lowest BCUT2D eigenvalue weighted by Gasteiger charge is -2.04. The topological polar surface area (TPSA) is 38.3 Å². The lowest BCUT2D eigenvalue weighted by Crippen LogP contribution is -2.28. The summed E-state index contributed by atoms with van der Waals surface area (Å²) in [5.41, 5.74) is 0. The summed E-state index contributed by atoms with van der Waals surface area (Å²) in [4.78, 5) is 11.0. The number of ether oxygens (including phenoxy) is 1. The van der Waals surface area contributed by atoms with E-state index in [0.29, 0.717) is 12.4 Å². The number of carbonyl (C=O) groups is 1. The molecule has 14 heavy (non-hydrogen) atoms. The van der Waals surface area contributed by atoms with Gasteiger partial charge in [0.1, 0.15) is 11.6 Å². The fraction of sp³-hybridized carbons (Fsp3) is 0.222. The average Bonchev–Trinajstić information content (AvgIpc) is 2.15. The van der Waals surface area contributed by atoms with Crippen molar-refractivity contribution in [3.05, 3.63) is 30.1 Å². The van der Waals surface area contributed by atoms with Crippen LogP contribution in [0.5, 0.6) is 5.75 Å². The summed E-state index contributed by atoms with van der Waals surface area (Å²) in [6, 6.07) is 5.34. The van der Waals surface area contributed by atoms with E-state index in [1.165, 1.54) is 18.2 Å². The molecule has 0 aliphatic carbocycles. The first-order valence-corrected chi connectivity index (χ1v) is 4.53. The van der Waals surface area contributed by atoms with E-state index >= 15 is 0 Å². The molecule has 1 aromatic rings. The molecular formula is C9H9ClFNO2. The molecule has 0 saturated heterocycles. The molecule has 0 saturated carbocycles. The number of alkyl halides is 1. The Labute approximate surface area is 85.8 Å². The summed E-state index contributed by atoms with van der Waals surface area (Å²) in [6.45, 7) is 0.315. The van der Waals surface area contributed by atoms with Gasteiger partial charge in [0.05, 0.1) is 0 Å². The second-order valence-electron chi connectivity index (χ2n) is 2.46. The van der Waals surface area contributed by atoms with Gasteiger partial charge in [-0.25, -0.2) is 9.18 Å². The molecule has 0 radical (unpaired) electrons. The Balaban J connectivity index is 2.47. The highest BCUT2D eigenvalue weighted by atomic mass is 35.5. The third kappa shape index (κ3) is 3.62. The molecule has 0 atom stereocenters. The molecule has 0 bridgehead atoms. The molecule has 3 nitrogen and oxygen atoms in total. The fourth-order valence-corrected chi connectivity index (χ4v) is 0.917. The number of hydrogen-bond donors (Lipinski definition) is 1. The van der Waals surface area contributed by atoms with Gasteiger partial charge in [0.25, 0.3) is 0 Å². The van der Waals surface area contributed by atoms with E-state index in [2.05, 4.69) is 5.32 Å². The first-order chi connectivity index (χ1) is 6.72. The van der Waals surface area contributed by atoms with E-state index in [4.69, 9.17) is 16.3 Å². The van der Waals surface area contributed by atoms with Crippen LogP contribution in [0.4, 0.5) is 9.18 Å². The Kier molecular flexibility index (Phi) is 4.19. The van der Waals surface area contributed by atoms with Crippen LogP contribution in [0.3, 0.4) is 0 Å². The number of rotatable bonds is 3. The van der Waals surface area contributed by atoms with Crippen molar-refractivity contribution in [2.45, 2.75) is 0 Å². The van der Waals surface area contributed by atoms with Gasteiger partial charge in [-0.1, -0.05) is 6.07 Å². The lowest BCUT2D eigenvalue weighted by atomic mass is 10.3. The zero-order valence-corrected chi connectivity index (χ0v) is 8.05. The van der Waals surface area contributed by atoms with Crippen molar-refractivity contribution in [1.82, 2.24) is 5.32 Å². The largest absolute Gasteiger partial charge is 0.412 e. The maximum atomic E-state index is 12.6. The Hall–Kier alpha value is -1.29. The van der Waals surface area contributed by atoms with Crippen LogP contribution in [0, 0.1) is 5.82 Å². The monoisotopic (exact) mass is 217 g/mol. The van der Waals surface area contributed by atoms with Gasteiger partial charge in [0.15, 0.2) is 0 Å². The minimum atomic E-state index is -0.642. The van der Waals surface area contributed by atoms with Crippen molar-refractivity contribution >= 4 is 17.7 Å². The van der Waals surface area contributed by atoms with Gasteiger partial charge in [-0.15, -0.1) is 11.6 Å². The molecule has 1 aromatic carbocycles. The van der Waals surface area contributed by atoms with Crippen molar-refractivity contribution in [2.24, 2.45) is 0 Å². The molecule has 0 fully saturated rings. The van der Waals surface area contributed by atoms with E-state index in [-0.39, 0.29) is 5.75 Å². The first kappa shape index (κ1) is 10.8. The van der Waals surface area contributed by atoms with Crippen LogP contribution >= 0.6 is 11.6 Å². The quantitative estimate of drug-likeness (QED) is 0.788. The molecule has 1 N–H and O–H groups in total. The van der Waals surface area contributed by atoms with E-state index < -0.39 is 11.9 Å².